The molecule has 0 amide bonds. The number of aryl methyl sites for hydroxylation is 1. The molecule has 16 heavy (non-hydrogen) atoms. The van der Waals surface area contributed by atoms with Crippen molar-refractivity contribution in [2.24, 2.45) is 11.8 Å². The van der Waals surface area contributed by atoms with E-state index in [0.717, 1.165) is 36.6 Å². The lowest BCUT2D eigenvalue weighted by Crippen LogP contribution is -2.12. The van der Waals surface area contributed by atoms with Crippen LogP contribution in [-0.4, -0.2) is 16.1 Å². The van der Waals surface area contributed by atoms with Crippen molar-refractivity contribution in [2.75, 3.05) is 11.9 Å². The first kappa shape index (κ1) is 11.2. The highest BCUT2D eigenvalue weighted by molar-refractivity contribution is 5.29. The van der Waals surface area contributed by atoms with Gasteiger partial charge in [-0.3, -0.25) is 0 Å². The quantitative estimate of drug-likeness (QED) is 0.746. The average Bonchev–Trinajstić information content (AvgIpc) is 3.02. The number of rotatable bonds is 6. The highest BCUT2D eigenvalue weighted by atomic mass is 15.2. The number of anilines is 1. The Morgan fingerprint density at radius 2 is 2.44 bits per heavy atom. The van der Waals surface area contributed by atoms with Crippen LogP contribution in [0.15, 0.2) is 18.9 Å². The van der Waals surface area contributed by atoms with E-state index in [1.807, 2.05) is 13.0 Å². The first-order chi connectivity index (χ1) is 7.70. The molecule has 1 N–H and O–H groups in total. The molecule has 3 nitrogen and oxygen atoms in total. The third-order valence-corrected chi connectivity index (χ3v) is 3.21. The molecule has 1 saturated carbocycles. The minimum absolute atomic E-state index is 0.762. The second-order valence-electron chi connectivity index (χ2n) is 4.84. The number of nitrogens with zero attached hydrogens (tertiary/aromatic N) is 2. The Morgan fingerprint density at radius 3 is 3.06 bits per heavy atom. The first-order valence-corrected chi connectivity index (χ1v) is 6.09. The fraction of sp³-hybridized carbons (Fsp3) is 0.615. The molecule has 1 fully saturated rings. The second kappa shape index (κ2) is 4.73. The van der Waals surface area contributed by atoms with Gasteiger partial charge in [0.15, 0.2) is 0 Å². The summed E-state index contributed by atoms with van der Waals surface area (Å²) in [6.07, 6.45) is 6.80. The zero-order chi connectivity index (χ0) is 11.5. The number of hydrogen-bond donors (Lipinski definition) is 1. The highest BCUT2D eigenvalue weighted by Crippen LogP contribution is 2.37. The standard InChI is InChI=1S/C13H21N3/c1-4-7-14-13-15-11(3)9-16(13)8-10(2)12-5-6-12/h4,9-10,12H,1,5-8H2,2-3H3,(H,14,15). The largest absolute Gasteiger partial charge is 0.352 e. The fourth-order valence-electron chi connectivity index (χ4n) is 2.12. The molecule has 1 atom stereocenters. The summed E-state index contributed by atoms with van der Waals surface area (Å²) in [7, 11) is 0. The van der Waals surface area contributed by atoms with Crippen LogP contribution in [0, 0.1) is 18.8 Å². The zero-order valence-corrected chi connectivity index (χ0v) is 10.2. The van der Waals surface area contributed by atoms with Crippen LogP contribution in [0.2, 0.25) is 0 Å². The minimum Gasteiger partial charge on any atom is -0.352 e. The predicted octanol–water partition coefficient (Wildman–Crippen LogP) is 2.84. The Bertz CT molecular complexity index is 363. The van der Waals surface area contributed by atoms with Gasteiger partial charge < -0.3 is 9.88 Å². The number of nitrogens with one attached hydrogen (secondary N) is 1. The topological polar surface area (TPSA) is 29.9 Å². The van der Waals surface area contributed by atoms with Gasteiger partial charge in [0.1, 0.15) is 0 Å². The Labute approximate surface area is 97.6 Å². The van der Waals surface area contributed by atoms with Gasteiger partial charge in [0.05, 0.1) is 5.69 Å². The monoisotopic (exact) mass is 219 g/mol. The molecule has 88 valence electrons. The lowest BCUT2D eigenvalue weighted by Gasteiger charge is -2.13. The van der Waals surface area contributed by atoms with Gasteiger partial charge in [0.25, 0.3) is 0 Å². The molecular formula is C13H21N3. The van der Waals surface area contributed by atoms with Gasteiger partial charge in [0.2, 0.25) is 5.95 Å². The van der Waals surface area contributed by atoms with Gasteiger partial charge >= 0.3 is 0 Å². The maximum absolute atomic E-state index is 4.49. The Balaban J connectivity index is 2.02. The van der Waals surface area contributed by atoms with Crippen LogP contribution < -0.4 is 5.32 Å². The summed E-state index contributed by atoms with van der Waals surface area (Å²) in [5.74, 6) is 2.68. The van der Waals surface area contributed by atoms with Crippen LogP contribution >= 0.6 is 0 Å². The molecular weight excluding hydrogens is 198 g/mol. The first-order valence-electron chi connectivity index (χ1n) is 6.09. The maximum atomic E-state index is 4.49. The summed E-state index contributed by atoms with van der Waals surface area (Å²) in [5.41, 5.74) is 1.08. The molecule has 1 heterocycles. The normalized spacial score (nSPS) is 17.1. The van der Waals surface area contributed by atoms with E-state index in [9.17, 15) is 0 Å². The van der Waals surface area contributed by atoms with E-state index in [4.69, 9.17) is 0 Å². The number of aromatic nitrogens is 2. The highest BCUT2D eigenvalue weighted by Gasteiger charge is 2.28. The van der Waals surface area contributed by atoms with Crippen molar-refractivity contribution in [1.29, 1.82) is 0 Å². The fourth-order valence-corrected chi connectivity index (χ4v) is 2.12. The summed E-state index contributed by atoms with van der Waals surface area (Å²) in [5, 5.41) is 3.28. The van der Waals surface area contributed by atoms with Crippen molar-refractivity contribution < 1.29 is 0 Å². The Kier molecular flexibility index (Phi) is 3.32. The maximum Gasteiger partial charge on any atom is 0.203 e. The molecule has 1 aromatic heterocycles. The molecule has 2 rings (SSSR count). The van der Waals surface area contributed by atoms with Gasteiger partial charge in [0, 0.05) is 19.3 Å². The molecule has 1 aliphatic rings. The van der Waals surface area contributed by atoms with E-state index in [2.05, 4.69) is 34.6 Å². The van der Waals surface area contributed by atoms with Crippen molar-refractivity contribution in [3.05, 3.63) is 24.5 Å². The van der Waals surface area contributed by atoms with Crippen LogP contribution in [0.4, 0.5) is 5.95 Å². The van der Waals surface area contributed by atoms with E-state index >= 15 is 0 Å². The van der Waals surface area contributed by atoms with Crippen molar-refractivity contribution in [2.45, 2.75) is 33.2 Å². The van der Waals surface area contributed by atoms with Gasteiger partial charge in [-0.05, 0) is 31.6 Å². The van der Waals surface area contributed by atoms with Gasteiger partial charge in [-0.25, -0.2) is 4.98 Å². The molecule has 0 radical (unpaired) electrons. The summed E-state index contributed by atoms with van der Waals surface area (Å²) in [4.78, 5) is 4.49. The van der Waals surface area contributed by atoms with Crippen LogP contribution in [0.1, 0.15) is 25.5 Å². The van der Waals surface area contributed by atoms with E-state index in [1.165, 1.54) is 12.8 Å². The summed E-state index contributed by atoms with van der Waals surface area (Å²) in [6.45, 7) is 9.93. The van der Waals surface area contributed by atoms with E-state index in [-0.39, 0.29) is 0 Å². The van der Waals surface area contributed by atoms with Gasteiger partial charge in [-0.1, -0.05) is 13.0 Å². The summed E-state index contributed by atoms with van der Waals surface area (Å²) >= 11 is 0. The lowest BCUT2D eigenvalue weighted by atomic mass is 10.1. The van der Waals surface area contributed by atoms with E-state index < -0.39 is 0 Å². The molecule has 1 unspecified atom stereocenters. The second-order valence-corrected chi connectivity index (χ2v) is 4.84. The summed E-state index contributed by atoms with van der Waals surface area (Å²) < 4.78 is 2.24. The van der Waals surface area contributed by atoms with E-state index in [0.29, 0.717) is 0 Å². The molecule has 1 aliphatic carbocycles. The molecule has 0 aromatic carbocycles. The molecule has 0 saturated heterocycles. The minimum atomic E-state index is 0.762. The van der Waals surface area contributed by atoms with E-state index in [1.54, 1.807) is 0 Å². The van der Waals surface area contributed by atoms with Crippen molar-refractivity contribution in [1.82, 2.24) is 9.55 Å². The Morgan fingerprint density at radius 1 is 1.69 bits per heavy atom. The summed E-state index contributed by atoms with van der Waals surface area (Å²) in [6, 6.07) is 0. The lowest BCUT2D eigenvalue weighted by molar-refractivity contribution is 0.432. The van der Waals surface area contributed by atoms with Crippen molar-refractivity contribution >= 4 is 5.95 Å². The van der Waals surface area contributed by atoms with Gasteiger partial charge in [-0.15, -0.1) is 6.58 Å². The van der Waals surface area contributed by atoms with Crippen molar-refractivity contribution in [3.8, 4) is 0 Å². The predicted molar refractivity (Wildman–Crippen MR) is 67.5 cm³/mol. The zero-order valence-electron chi connectivity index (χ0n) is 10.2. The molecule has 0 aliphatic heterocycles. The molecule has 0 bridgehead atoms. The number of imidazole rings is 1. The van der Waals surface area contributed by atoms with Crippen molar-refractivity contribution in [3.63, 3.8) is 0 Å². The molecule has 1 aromatic rings. The van der Waals surface area contributed by atoms with Gasteiger partial charge in [-0.2, -0.15) is 0 Å². The van der Waals surface area contributed by atoms with Crippen LogP contribution in [-0.2, 0) is 6.54 Å². The Hall–Kier alpha value is -1.25. The smallest absolute Gasteiger partial charge is 0.203 e. The molecule has 3 heteroatoms. The third kappa shape index (κ3) is 2.65. The van der Waals surface area contributed by atoms with Crippen LogP contribution in [0.25, 0.3) is 0 Å². The van der Waals surface area contributed by atoms with Crippen LogP contribution in [0.5, 0.6) is 0 Å². The van der Waals surface area contributed by atoms with Crippen LogP contribution in [0.3, 0.4) is 0 Å². The third-order valence-electron chi connectivity index (χ3n) is 3.21. The molecule has 0 spiro atoms. The number of hydrogen-bond acceptors (Lipinski definition) is 2. The SMILES string of the molecule is C=CCNc1nc(C)cn1CC(C)C1CC1. The average molecular weight is 219 g/mol.